The van der Waals surface area contributed by atoms with Gasteiger partial charge in [-0.05, 0) is 44.2 Å². The number of carbonyl (C=O) groups is 2. The normalized spacial score (nSPS) is 29.3. The van der Waals surface area contributed by atoms with Gasteiger partial charge in [-0.1, -0.05) is 36.4 Å². The highest BCUT2D eigenvalue weighted by atomic mass is 16.6. The molecule has 2 aliphatic heterocycles. The molecule has 6 heteroatoms. The number of nitrogens with zero attached hydrogens (tertiary/aromatic N) is 1. The second-order valence-electron chi connectivity index (χ2n) is 7.40. The van der Waals surface area contributed by atoms with E-state index in [0.717, 1.165) is 0 Å². The lowest BCUT2D eigenvalue weighted by molar-refractivity contribution is -0.0291. The minimum Gasteiger partial charge on any atom is -0.453 e. The Balaban J connectivity index is 1.58. The number of rotatable bonds is 4. The molecule has 4 rings (SSSR count). The summed E-state index contributed by atoms with van der Waals surface area (Å²) in [4.78, 5) is 27.3. The first kappa shape index (κ1) is 18.7. The van der Waals surface area contributed by atoms with E-state index in [1.54, 1.807) is 48.5 Å². The number of benzene rings is 2. The van der Waals surface area contributed by atoms with Gasteiger partial charge in [0.1, 0.15) is 0 Å². The Labute approximate surface area is 163 Å². The number of fused-ring (bicyclic) bond motifs is 2. The van der Waals surface area contributed by atoms with E-state index in [2.05, 4.69) is 4.90 Å². The largest absolute Gasteiger partial charge is 0.453 e. The van der Waals surface area contributed by atoms with E-state index >= 15 is 0 Å². The van der Waals surface area contributed by atoms with E-state index in [1.165, 1.54) is 0 Å². The highest BCUT2D eigenvalue weighted by molar-refractivity contribution is 5.90. The Morgan fingerprint density at radius 2 is 1.21 bits per heavy atom. The first-order valence-electron chi connectivity index (χ1n) is 9.46. The molecule has 1 N–H and O–H groups in total. The topological polar surface area (TPSA) is 76.1 Å². The van der Waals surface area contributed by atoms with Crippen molar-refractivity contribution < 1.29 is 24.2 Å². The summed E-state index contributed by atoms with van der Waals surface area (Å²) in [6.07, 6.45) is -0.831. The molecule has 0 aromatic heterocycles. The van der Waals surface area contributed by atoms with Crippen LogP contribution in [0, 0.1) is 0 Å². The summed E-state index contributed by atoms with van der Waals surface area (Å²) >= 11 is 0. The molecule has 6 nitrogen and oxygen atoms in total. The Morgan fingerprint density at radius 1 is 0.821 bits per heavy atom. The van der Waals surface area contributed by atoms with Crippen molar-refractivity contribution >= 4 is 11.9 Å². The van der Waals surface area contributed by atoms with E-state index < -0.39 is 30.3 Å². The average molecular weight is 381 g/mol. The third-order valence-electron chi connectivity index (χ3n) is 5.66. The molecule has 0 radical (unpaired) electrons. The average Bonchev–Trinajstić information content (AvgIpc) is 2.86. The zero-order chi connectivity index (χ0) is 19.7. The van der Waals surface area contributed by atoms with Gasteiger partial charge in [0.05, 0.1) is 29.3 Å². The van der Waals surface area contributed by atoms with Crippen LogP contribution in [0.2, 0.25) is 0 Å². The van der Waals surface area contributed by atoms with E-state index in [1.807, 2.05) is 19.2 Å². The number of likely N-dealkylation sites (N-methyl/N-ethyl adjacent to an activating group) is 1. The van der Waals surface area contributed by atoms with Crippen LogP contribution in [0.4, 0.5) is 0 Å². The summed E-state index contributed by atoms with van der Waals surface area (Å²) in [6.45, 7) is 0. The minimum absolute atomic E-state index is 0.199. The Kier molecular flexibility index (Phi) is 5.15. The van der Waals surface area contributed by atoms with Crippen molar-refractivity contribution in [1.82, 2.24) is 4.90 Å². The number of esters is 2. The smallest absolute Gasteiger partial charge is 0.338 e. The van der Waals surface area contributed by atoms with Crippen molar-refractivity contribution in [2.45, 2.75) is 43.2 Å². The molecule has 0 spiro atoms. The molecular formula is C22H23NO5. The van der Waals surface area contributed by atoms with Crippen LogP contribution >= 0.6 is 0 Å². The standard InChI is InChI=1S/C22H23NO5/c1-23-17-12-16(24)13-18(23)20(28-22(26)15-10-6-3-7-11-15)19(17)27-21(25)14-8-4-2-5-9-14/h2-11,16-20,24H,12-13H2,1H3/t16?,17-,18+,19-,20+. The van der Waals surface area contributed by atoms with Gasteiger partial charge in [-0.3, -0.25) is 4.90 Å². The molecule has 5 atom stereocenters. The van der Waals surface area contributed by atoms with Gasteiger partial charge in [0.25, 0.3) is 0 Å². The van der Waals surface area contributed by atoms with Crippen LogP contribution in [-0.2, 0) is 9.47 Å². The number of piperidine rings is 1. The van der Waals surface area contributed by atoms with Crippen LogP contribution in [0.5, 0.6) is 0 Å². The predicted octanol–water partition coefficient (Wildman–Crippen LogP) is 2.27. The molecule has 0 amide bonds. The fraction of sp³-hybridized carbons (Fsp3) is 0.364. The maximum Gasteiger partial charge on any atom is 0.338 e. The molecule has 2 bridgehead atoms. The van der Waals surface area contributed by atoms with Gasteiger partial charge in [-0.15, -0.1) is 0 Å². The van der Waals surface area contributed by atoms with Gasteiger partial charge in [-0.25, -0.2) is 9.59 Å². The molecule has 2 aromatic carbocycles. The quantitative estimate of drug-likeness (QED) is 0.819. The summed E-state index contributed by atoms with van der Waals surface area (Å²) in [5.41, 5.74) is 0.889. The third-order valence-corrected chi connectivity index (χ3v) is 5.66. The Bertz CT molecular complexity index is 771. The number of hydrogen-bond acceptors (Lipinski definition) is 6. The number of aliphatic hydroxyl groups excluding tert-OH is 1. The Hall–Kier alpha value is -2.70. The summed E-state index contributed by atoms with van der Waals surface area (Å²) in [5, 5.41) is 10.2. The molecule has 2 heterocycles. The zero-order valence-corrected chi connectivity index (χ0v) is 15.6. The van der Waals surface area contributed by atoms with E-state index in [9.17, 15) is 14.7 Å². The molecule has 2 saturated heterocycles. The fourth-order valence-corrected chi connectivity index (χ4v) is 4.22. The van der Waals surface area contributed by atoms with Gasteiger partial charge in [-0.2, -0.15) is 0 Å². The van der Waals surface area contributed by atoms with Crippen molar-refractivity contribution in [3.05, 3.63) is 71.8 Å². The second-order valence-corrected chi connectivity index (χ2v) is 7.40. The molecular weight excluding hydrogens is 358 g/mol. The van der Waals surface area contributed by atoms with Crippen molar-refractivity contribution in [1.29, 1.82) is 0 Å². The zero-order valence-electron chi connectivity index (χ0n) is 15.6. The lowest BCUT2D eigenvalue weighted by Gasteiger charge is -2.34. The summed E-state index contributed by atoms with van der Waals surface area (Å²) in [7, 11) is 1.92. The number of hydrogen-bond donors (Lipinski definition) is 1. The number of ether oxygens (including phenoxy) is 2. The monoisotopic (exact) mass is 381 g/mol. The van der Waals surface area contributed by atoms with Crippen molar-refractivity contribution in [3.63, 3.8) is 0 Å². The minimum atomic E-state index is -0.632. The Morgan fingerprint density at radius 3 is 1.61 bits per heavy atom. The van der Waals surface area contributed by atoms with Crippen LogP contribution in [-0.4, -0.2) is 59.4 Å². The molecule has 146 valence electrons. The molecule has 2 fully saturated rings. The molecule has 28 heavy (non-hydrogen) atoms. The summed E-state index contributed by atoms with van der Waals surface area (Å²) in [6, 6.07) is 17.1. The number of carbonyl (C=O) groups excluding carboxylic acids is 2. The molecule has 2 aromatic rings. The number of aliphatic hydroxyl groups is 1. The highest BCUT2D eigenvalue weighted by Gasteiger charge is 2.55. The maximum atomic E-state index is 12.6. The lowest BCUT2D eigenvalue weighted by Crippen LogP contribution is -2.45. The molecule has 0 aliphatic carbocycles. The van der Waals surface area contributed by atoms with Crippen molar-refractivity contribution in [2.24, 2.45) is 0 Å². The maximum absolute atomic E-state index is 12.6. The fourth-order valence-electron chi connectivity index (χ4n) is 4.22. The van der Waals surface area contributed by atoms with Crippen LogP contribution < -0.4 is 0 Å². The van der Waals surface area contributed by atoms with E-state index in [-0.39, 0.29) is 12.1 Å². The molecule has 0 saturated carbocycles. The van der Waals surface area contributed by atoms with E-state index in [0.29, 0.717) is 24.0 Å². The first-order chi connectivity index (χ1) is 13.5. The molecule has 1 unspecified atom stereocenters. The van der Waals surface area contributed by atoms with Gasteiger partial charge >= 0.3 is 11.9 Å². The van der Waals surface area contributed by atoms with E-state index in [4.69, 9.17) is 9.47 Å². The van der Waals surface area contributed by atoms with Gasteiger partial charge in [0.2, 0.25) is 0 Å². The van der Waals surface area contributed by atoms with Crippen molar-refractivity contribution in [3.8, 4) is 0 Å². The van der Waals surface area contributed by atoms with Gasteiger partial charge < -0.3 is 14.6 Å². The predicted molar refractivity (Wildman–Crippen MR) is 102 cm³/mol. The van der Waals surface area contributed by atoms with Gasteiger partial charge in [0, 0.05) is 0 Å². The summed E-state index contributed by atoms with van der Waals surface area (Å²) < 4.78 is 11.6. The first-order valence-corrected chi connectivity index (χ1v) is 9.46. The molecule has 2 aliphatic rings. The van der Waals surface area contributed by atoms with Gasteiger partial charge in [0.15, 0.2) is 12.2 Å². The highest BCUT2D eigenvalue weighted by Crippen LogP contribution is 2.39. The SMILES string of the molecule is CN1[C@@H]2CC(O)C[C@H]1[C@H](OC(=O)c1ccccc1)[C@@H]2OC(=O)c1ccccc1. The summed E-state index contributed by atoms with van der Waals surface area (Å²) in [5.74, 6) is -0.913. The lowest BCUT2D eigenvalue weighted by atomic mass is 10.0. The van der Waals surface area contributed by atoms with Crippen LogP contribution in [0.1, 0.15) is 33.6 Å². The second kappa shape index (κ2) is 7.73. The van der Waals surface area contributed by atoms with Crippen LogP contribution in [0.3, 0.4) is 0 Å². The third kappa shape index (κ3) is 3.53. The van der Waals surface area contributed by atoms with Crippen molar-refractivity contribution in [2.75, 3.05) is 7.05 Å². The van der Waals surface area contributed by atoms with Crippen LogP contribution in [0.25, 0.3) is 0 Å². The van der Waals surface area contributed by atoms with Crippen LogP contribution in [0.15, 0.2) is 60.7 Å².